The first-order valence-corrected chi connectivity index (χ1v) is 12.7. The molecular weight excluding hydrogens is 464 g/mol. The second-order valence-corrected chi connectivity index (χ2v) is 10.4. The molecule has 3 rings (SSSR count). The third-order valence-corrected chi connectivity index (χ3v) is 7.81. The highest BCUT2D eigenvalue weighted by Crippen LogP contribution is 2.26. The van der Waals surface area contributed by atoms with E-state index in [0.29, 0.717) is 10.5 Å². The van der Waals surface area contributed by atoms with Gasteiger partial charge in [-0.15, -0.1) is 0 Å². The van der Waals surface area contributed by atoms with Gasteiger partial charge in [0.15, 0.2) is 0 Å². The molecule has 35 heavy (non-hydrogen) atoms. The Bertz CT molecular complexity index is 1310. The number of nitrogens with one attached hydrogen (secondary N) is 2. The molecule has 0 aliphatic rings. The van der Waals surface area contributed by atoms with Crippen LogP contribution < -0.4 is 10.0 Å². The van der Waals surface area contributed by atoms with Gasteiger partial charge in [-0.25, -0.2) is 17.9 Å². The van der Waals surface area contributed by atoms with E-state index in [1.807, 2.05) is 38.1 Å². The van der Waals surface area contributed by atoms with Crippen molar-refractivity contribution in [1.82, 2.24) is 10.0 Å². The van der Waals surface area contributed by atoms with Crippen LogP contribution in [0.1, 0.15) is 43.7 Å². The minimum Gasteiger partial charge on any atom is -0.480 e. The fraction of sp³-hybridized carbons (Fsp3) is 0.259. The normalized spacial score (nSPS) is 12.2. The monoisotopic (exact) mass is 494 g/mol. The van der Waals surface area contributed by atoms with Crippen LogP contribution in [0, 0.1) is 27.7 Å². The van der Waals surface area contributed by atoms with E-state index >= 15 is 0 Å². The highest BCUT2D eigenvalue weighted by atomic mass is 32.2. The quantitative estimate of drug-likeness (QED) is 0.419. The minimum atomic E-state index is -3.74. The van der Waals surface area contributed by atoms with E-state index in [1.165, 1.54) is 0 Å². The molecule has 1 unspecified atom stereocenters. The van der Waals surface area contributed by atoms with Gasteiger partial charge in [-0.05, 0) is 73.2 Å². The van der Waals surface area contributed by atoms with Crippen molar-refractivity contribution in [3.8, 4) is 0 Å². The molecule has 0 spiro atoms. The molecule has 0 saturated carbocycles. The highest BCUT2D eigenvalue weighted by molar-refractivity contribution is 7.89. The number of aliphatic carboxylic acids is 1. The number of rotatable bonds is 9. The van der Waals surface area contributed by atoms with Gasteiger partial charge in [-0.1, -0.05) is 48.5 Å². The van der Waals surface area contributed by atoms with Crippen molar-refractivity contribution in [2.45, 2.75) is 51.6 Å². The fourth-order valence-electron chi connectivity index (χ4n) is 3.90. The van der Waals surface area contributed by atoms with Crippen molar-refractivity contribution < 1.29 is 23.1 Å². The molecular formula is C27H30N2O5S. The lowest BCUT2D eigenvalue weighted by molar-refractivity contribution is -0.139. The lowest BCUT2D eigenvalue weighted by Gasteiger charge is -2.16. The Kier molecular flexibility index (Phi) is 8.09. The van der Waals surface area contributed by atoms with Crippen molar-refractivity contribution in [2.24, 2.45) is 0 Å². The maximum Gasteiger partial charge on any atom is 0.326 e. The number of carboxylic acids is 1. The van der Waals surface area contributed by atoms with E-state index in [1.54, 1.807) is 50.2 Å². The zero-order valence-electron chi connectivity index (χ0n) is 20.3. The summed E-state index contributed by atoms with van der Waals surface area (Å²) in [5.41, 5.74) is 5.02. The molecule has 0 heterocycles. The van der Waals surface area contributed by atoms with E-state index in [0.717, 1.165) is 27.8 Å². The first-order valence-electron chi connectivity index (χ1n) is 11.2. The Balaban J connectivity index is 1.68. The first-order chi connectivity index (χ1) is 16.5. The summed E-state index contributed by atoms with van der Waals surface area (Å²) in [6.45, 7) is 7.43. The van der Waals surface area contributed by atoms with Crippen LogP contribution in [0.5, 0.6) is 0 Å². The summed E-state index contributed by atoms with van der Waals surface area (Å²) in [5, 5.41) is 12.1. The third kappa shape index (κ3) is 6.35. The number of amides is 1. The minimum absolute atomic E-state index is 0.0574. The van der Waals surface area contributed by atoms with E-state index in [2.05, 4.69) is 10.0 Å². The summed E-state index contributed by atoms with van der Waals surface area (Å²) in [4.78, 5) is 24.5. The number of hydrogen-bond acceptors (Lipinski definition) is 4. The summed E-state index contributed by atoms with van der Waals surface area (Å²) < 4.78 is 28.7. The van der Waals surface area contributed by atoms with E-state index in [4.69, 9.17) is 0 Å². The second kappa shape index (κ2) is 10.8. The molecule has 184 valence electrons. The van der Waals surface area contributed by atoms with Gasteiger partial charge < -0.3 is 10.4 Å². The van der Waals surface area contributed by atoms with Gasteiger partial charge in [-0.2, -0.15) is 0 Å². The number of carboxylic acid groups (broad SMARTS) is 1. The Morgan fingerprint density at radius 1 is 0.857 bits per heavy atom. The largest absolute Gasteiger partial charge is 0.480 e. The lowest BCUT2D eigenvalue weighted by Crippen LogP contribution is -2.42. The SMILES string of the molecule is Cc1cc(C)c(C)c(S(=O)(=O)NCc2ccc(C(=O)NC(Cc3ccccc3)C(=O)O)cc2)c1C. The molecule has 3 aromatic rings. The van der Waals surface area contributed by atoms with E-state index in [-0.39, 0.29) is 18.5 Å². The number of benzene rings is 3. The number of sulfonamides is 1. The summed E-state index contributed by atoms with van der Waals surface area (Å²) in [5.74, 6) is -1.63. The van der Waals surface area contributed by atoms with Crippen molar-refractivity contribution in [1.29, 1.82) is 0 Å². The van der Waals surface area contributed by atoms with Gasteiger partial charge >= 0.3 is 5.97 Å². The zero-order chi connectivity index (χ0) is 25.8. The van der Waals surface area contributed by atoms with Crippen LogP contribution in [0.15, 0.2) is 65.6 Å². The van der Waals surface area contributed by atoms with Gasteiger partial charge in [-0.3, -0.25) is 4.79 Å². The summed E-state index contributed by atoms with van der Waals surface area (Å²) in [6, 6.07) is 16.4. The van der Waals surface area contributed by atoms with Crippen LogP contribution in [0.3, 0.4) is 0 Å². The molecule has 0 bridgehead atoms. The van der Waals surface area contributed by atoms with Gasteiger partial charge in [0, 0.05) is 18.5 Å². The summed E-state index contributed by atoms with van der Waals surface area (Å²) in [6.07, 6.45) is 0.166. The Morgan fingerprint density at radius 2 is 1.43 bits per heavy atom. The van der Waals surface area contributed by atoms with Crippen molar-refractivity contribution in [3.63, 3.8) is 0 Å². The van der Waals surface area contributed by atoms with Crippen LogP contribution >= 0.6 is 0 Å². The predicted molar refractivity (Wildman–Crippen MR) is 135 cm³/mol. The van der Waals surface area contributed by atoms with Gasteiger partial charge in [0.2, 0.25) is 10.0 Å². The zero-order valence-corrected chi connectivity index (χ0v) is 21.1. The van der Waals surface area contributed by atoms with Crippen LogP contribution in [-0.4, -0.2) is 31.4 Å². The van der Waals surface area contributed by atoms with E-state index in [9.17, 15) is 23.1 Å². The summed E-state index contributed by atoms with van der Waals surface area (Å²) in [7, 11) is -3.74. The number of carbonyl (C=O) groups excluding carboxylic acids is 1. The highest BCUT2D eigenvalue weighted by Gasteiger charge is 2.23. The topological polar surface area (TPSA) is 113 Å². The Hall–Kier alpha value is -3.49. The Labute approximate surface area is 206 Å². The van der Waals surface area contributed by atoms with Crippen molar-refractivity contribution in [3.05, 3.63) is 99.6 Å². The van der Waals surface area contributed by atoms with Gasteiger partial charge in [0.25, 0.3) is 5.91 Å². The lowest BCUT2D eigenvalue weighted by atomic mass is 10.0. The molecule has 8 heteroatoms. The number of hydrogen-bond donors (Lipinski definition) is 3. The standard InChI is InChI=1S/C27H30N2O5S/c1-17-14-18(2)20(4)25(19(17)3)35(33,34)28-16-22-10-12-23(13-11-22)26(30)29-24(27(31)32)15-21-8-6-5-7-9-21/h5-14,24,28H,15-16H2,1-4H3,(H,29,30)(H,31,32). The molecule has 0 radical (unpaired) electrons. The second-order valence-electron chi connectivity index (χ2n) is 8.66. The average Bonchev–Trinajstić information content (AvgIpc) is 2.82. The van der Waals surface area contributed by atoms with Gasteiger partial charge in [0.1, 0.15) is 6.04 Å². The third-order valence-electron chi connectivity index (χ3n) is 6.13. The molecule has 0 aromatic heterocycles. The predicted octanol–water partition coefficient (Wildman–Crippen LogP) is 3.82. The van der Waals surface area contributed by atoms with Crippen LogP contribution in [0.4, 0.5) is 0 Å². The molecule has 1 amide bonds. The molecule has 1 atom stereocenters. The molecule has 0 saturated heterocycles. The molecule has 0 aliphatic carbocycles. The molecule has 0 fully saturated rings. The smallest absolute Gasteiger partial charge is 0.326 e. The number of carbonyl (C=O) groups is 2. The van der Waals surface area contributed by atoms with E-state index < -0.39 is 27.9 Å². The average molecular weight is 495 g/mol. The first kappa shape index (κ1) is 26.1. The molecule has 3 N–H and O–H groups in total. The molecule has 3 aromatic carbocycles. The van der Waals surface area contributed by atoms with Gasteiger partial charge in [0.05, 0.1) is 4.90 Å². The molecule has 7 nitrogen and oxygen atoms in total. The van der Waals surface area contributed by atoms with Crippen molar-refractivity contribution >= 4 is 21.9 Å². The van der Waals surface area contributed by atoms with Crippen LogP contribution in [-0.2, 0) is 27.8 Å². The number of aryl methyl sites for hydroxylation is 2. The van der Waals surface area contributed by atoms with Crippen LogP contribution in [0.2, 0.25) is 0 Å². The van der Waals surface area contributed by atoms with Crippen molar-refractivity contribution in [2.75, 3.05) is 0 Å². The fourth-order valence-corrected chi connectivity index (χ4v) is 5.53. The maximum absolute atomic E-state index is 13.0. The Morgan fingerprint density at radius 3 is 1.97 bits per heavy atom. The molecule has 0 aliphatic heterocycles. The summed E-state index contributed by atoms with van der Waals surface area (Å²) >= 11 is 0. The van der Waals surface area contributed by atoms with Crippen LogP contribution in [0.25, 0.3) is 0 Å². The maximum atomic E-state index is 13.0.